The fourth-order valence-electron chi connectivity index (χ4n) is 3.67. The average Bonchev–Trinajstić information content (AvgIpc) is 3.18. The highest BCUT2D eigenvalue weighted by atomic mass is 19.4. The van der Waals surface area contributed by atoms with Crippen molar-refractivity contribution in [1.82, 2.24) is 4.90 Å². The van der Waals surface area contributed by atoms with Crippen LogP contribution in [-0.2, 0) is 20.9 Å². The Morgan fingerprint density at radius 2 is 1.84 bits per heavy atom. The highest BCUT2D eigenvalue weighted by Crippen LogP contribution is 2.28. The van der Waals surface area contributed by atoms with E-state index in [1.807, 2.05) is 47.4 Å². The minimum Gasteiger partial charge on any atom is -0.475 e. The summed E-state index contributed by atoms with van der Waals surface area (Å²) in [6.45, 7) is 3.64. The lowest BCUT2D eigenvalue weighted by atomic mass is 9.92. The lowest BCUT2D eigenvalue weighted by molar-refractivity contribution is -0.192. The van der Waals surface area contributed by atoms with Crippen LogP contribution in [0.1, 0.15) is 12.2 Å². The van der Waals surface area contributed by atoms with Crippen LogP contribution in [0.3, 0.4) is 0 Å². The van der Waals surface area contributed by atoms with Gasteiger partial charge in [-0.3, -0.25) is 9.69 Å². The van der Waals surface area contributed by atoms with Crippen molar-refractivity contribution in [1.29, 1.82) is 0 Å². The van der Waals surface area contributed by atoms with Crippen LogP contribution in [0, 0.1) is 5.92 Å². The Morgan fingerprint density at radius 3 is 2.45 bits per heavy atom. The van der Waals surface area contributed by atoms with Gasteiger partial charge in [0, 0.05) is 18.8 Å². The lowest BCUT2D eigenvalue weighted by Gasteiger charge is -2.36. The molecule has 3 heterocycles. The first-order chi connectivity index (χ1) is 14.8. The number of ether oxygens (including phenoxy) is 1. The number of rotatable bonds is 3. The van der Waals surface area contributed by atoms with E-state index in [1.165, 1.54) is 0 Å². The smallest absolute Gasteiger partial charge is 0.475 e. The molecule has 0 aliphatic carbocycles. The summed E-state index contributed by atoms with van der Waals surface area (Å²) in [6, 6.07) is 13.8. The molecule has 1 N–H and O–H groups in total. The number of hydrogen-bond donors (Lipinski definition) is 1. The first kappa shape index (κ1) is 22.8. The van der Waals surface area contributed by atoms with Crippen molar-refractivity contribution in [3.05, 3.63) is 54.5 Å². The third-order valence-electron chi connectivity index (χ3n) is 5.14. The number of halogens is 3. The van der Waals surface area contributed by atoms with Crippen LogP contribution in [0.15, 0.2) is 53.1 Å². The number of likely N-dealkylation sites (tertiary alicyclic amines) is 1. The topological polar surface area (TPSA) is 83.2 Å². The molecule has 2 atom stereocenters. The third-order valence-corrected chi connectivity index (χ3v) is 5.14. The van der Waals surface area contributed by atoms with Gasteiger partial charge < -0.3 is 19.2 Å². The van der Waals surface area contributed by atoms with Gasteiger partial charge in [0.25, 0.3) is 0 Å². The SMILES string of the molecule is O=C(O)C(F)(F)F.O=C1[C@@H]2CCN(Cc3ccco3)C[C@@H]2OCCN1c1ccccc1. The van der Waals surface area contributed by atoms with Crippen LogP contribution >= 0.6 is 0 Å². The Bertz CT molecular complexity index is 858. The van der Waals surface area contributed by atoms with Crippen LogP contribution in [0.4, 0.5) is 18.9 Å². The molecular weight excluding hydrogens is 417 g/mol. The van der Waals surface area contributed by atoms with Gasteiger partial charge in [0.15, 0.2) is 0 Å². The second-order valence-electron chi connectivity index (χ2n) is 7.25. The fraction of sp³-hybridized carbons (Fsp3) is 0.429. The van der Waals surface area contributed by atoms with Crippen LogP contribution in [-0.4, -0.2) is 60.4 Å². The number of amides is 1. The van der Waals surface area contributed by atoms with Gasteiger partial charge in [-0.25, -0.2) is 4.79 Å². The first-order valence-electron chi connectivity index (χ1n) is 9.78. The van der Waals surface area contributed by atoms with Crippen molar-refractivity contribution in [2.24, 2.45) is 5.92 Å². The second kappa shape index (κ2) is 9.97. The number of carboxylic acid groups (broad SMARTS) is 1. The highest BCUT2D eigenvalue weighted by Gasteiger charge is 2.40. The van der Waals surface area contributed by atoms with E-state index in [-0.39, 0.29) is 17.9 Å². The van der Waals surface area contributed by atoms with E-state index in [2.05, 4.69) is 4.90 Å². The summed E-state index contributed by atoms with van der Waals surface area (Å²) in [5.74, 6) is -1.66. The van der Waals surface area contributed by atoms with Crippen LogP contribution in [0.25, 0.3) is 0 Å². The molecule has 0 radical (unpaired) electrons. The number of aliphatic carboxylic acids is 1. The summed E-state index contributed by atoms with van der Waals surface area (Å²) in [6.07, 6.45) is -2.59. The van der Waals surface area contributed by atoms with Gasteiger partial charge in [-0.2, -0.15) is 13.2 Å². The Labute approximate surface area is 177 Å². The Kier molecular flexibility index (Phi) is 7.34. The standard InChI is InChI=1S/C19H22N2O3.C2HF3O2/c22-19-17-8-9-20(13-16-7-4-11-23-16)14-18(17)24-12-10-21(19)15-5-2-1-3-6-15;3-2(4,5)1(6)7/h1-7,11,17-18H,8-10,12-14H2;(H,6,7)/t17-,18+;/m1./s1. The molecule has 2 aromatic rings. The van der Waals surface area contributed by atoms with Gasteiger partial charge in [-0.05, 0) is 37.2 Å². The highest BCUT2D eigenvalue weighted by molar-refractivity contribution is 5.95. The molecule has 2 saturated heterocycles. The van der Waals surface area contributed by atoms with Crippen LogP contribution in [0.5, 0.6) is 0 Å². The van der Waals surface area contributed by atoms with Crippen molar-refractivity contribution >= 4 is 17.6 Å². The summed E-state index contributed by atoms with van der Waals surface area (Å²) in [4.78, 5) is 26.1. The summed E-state index contributed by atoms with van der Waals surface area (Å²) < 4.78 is 43.2. The maximum Gasteiger partial charge on any atom is 0.490 e. The third kappa shape index (κ3) is 6.08. The second-order valence-corrected chi connectivity index (χ2v) is 7.25. The first-order valence-corrected chi connectivity index (χ1v) is 9.78. The zero-order valence-corrected chi connectivity index (χ0v) is 16.6. The molecule has 0 saturated carbocycles. The van der Waals surface area contributed by atoms with Crippen molar-refractivity contribution < 1.29 is 37.0 Å². The number of alkyl halides is 3. The van der Waals surface area contributed by atoms with Crippen molar-refractivity contribution in [3.63, 3.8) is 0 Å². The molecule has 0 spiro atoms. The normalized spacial score (nSPS) is 22.2. The largest absolute Gasteiger partial charge is 0.490 e. The number of carbonyl (C=O) groups is 2. The number of hydrogen-bond acceptors (Lipinski definition) is 5. The molecule has 1 aromatic heterocycles. The number of furan rings is 1. The molecule has 2 aliphatic rings. The maximum absolute atomic E-state index is 13.0. The number of carbonyl (C=O) groups excluding carboxylic acids is 1. The van der Waals surface area contributed by atoms with Crippen LogP contribution < -0.4 is 4.90 Å². The van der Waals surface area contributed by atoms with Gasteiger partial charge in [0.1, 0.15) is 5.76 Å². The van der Waals surface area contributed by atoms with Crippen LogP contribution in [0.2, 0.25) is 0 Å². The zero-order chi connectivity index (χ0) is 22.4. The summed E-state index contributed by atoms with van der Waals surface area (Å²) >= 11 is 0. The summed E-state index contributed by atoms with van der Waals surface area (Å²) in [7, 11) is 0. The Morgan fingerprint density at radius 1 is 1.13 bits per heavy atom. The van der Waals surface area contributed by atoms with E-state index in [1.54, 1.807) is 6.26 Å². The van der Waals surface area contributed by atoms with Gasteiger partial charge in [0.2, 0.25) is 5.91 Å². The minimum atomic E-state index is -5.08. The molecular formula is C21H23F3N2O5. The predicted molar refractivity (Wildman–Crippen MR) is 104 cm³/mol. The molecule has 31 heavy (non-hydrogen) atoms. The van der Waals surface area contributed by atoms with Gasteiger partial charge >= 0.3 is 12.1 Å². The van der Waals surface area contributed by atoms with E-state index < -0.39 is 12.1 Å². The molecule has 0 unspecified atom stereocenters. The van der Waals surface area contributed by atoms with E-state index >= 15 is 0 Å². The van der Waals surface area contributed by atoms with E-state index in [9.17, 15) is 18.0 Å². The number of nitrogens with zero attached hydrogens (tertiary/aromatic N) is 2. The number of para-hydroxylation sites is 1. The quantitative estimate of drug-likeness (QED) is 0.790. The summed E-state index contributed by atoms with van der Waals surface area (Å²) in [5, 5.41) is 7.12. The molecule has 168 valence electrons. The number of benzene rings is 1. The molecule has 2 fully saturated rings. The van der Waals surface area contributed by atoms with Crippen molar-refractivity contribution in [2.45, 2.75) is 25.2 Å². The van der Waals surface area contributed by atoms with Gasteiger partial charge in [0.05, 0.1) is 31.4 Å². The summed E-state index contributed by atoms with van der Waals surface area (Å²) in [5.41, 5.74) is 0.963. The monoisotopic (exact) mass is 440 g/mol. The number of carboxylic acids is 1. The molecule has 0 bridgehead atoms. The molecule has 10 heteroatoms. The maximum atomic E-state index is 13.0. The van der Waals surface area contributed by atoms with Gasteiger partial charge in [-0.1, -0.05) is 18.2 Å². The Balaban J connectivity index is 0.000000339. The fourth-order valence-corrected chi connectivity index (χ4v) is 3.67. The van der Waals surface area contributed by atoms with E-state index in [4.69, 9.17) is 19.1 Å². The molecule has 1 aromatic carbocycles. The Hall–Kier alpha value is -2.85. The molecule has 4 rings (SSSR count). The molecule has 7 nitrogen and oxygen atoms in total. The van der Waals surface area contributed by atoms with Crippen molar-refractivity contribution in [3.8, 4) is 0 Å². The van der Waals surface area contributed by atoms with E-state index in [0.29, 0.717) is 13.2 Å². The number of anilines is 1. The number of fused-ring (bicyclic) bond motifs is 1. The van der Waals surface area contributed by atoms with E-state index in [0.717, 1.165) is 37.5 Å². The molecule has 1 amide bonds. The number of piperidine rings is 1. The molecule has 2 aliphatic heterocycles. The average molecular weight is 440 g/mol. The van der Waals surface area contributed by atoms with Crippen molar-refractivity contribution in [2.75, 3.05) is 31.1 Å². The van der Waals surface area contributed by atoms with Gasteiger partial charge in [-0.15, -0.1) is 0 Å². The zero-order valence-electron chi connectivity index (χ0n) is 16.6. The lowest BCUT2D eigenvalue weighted by Crippen LogP contribution is -2.49. The predicted octanol–water partition coefficient (Wildman–Crippen LogP) is 3.17. The minimum absolute atomic E-state index is 0.0325.